The molecule has 1 aromatic carbocycles. The smallest absolute Gasteiger partial charge is 0.311 e. The highest BCUT2D eigenvalue weighted by atomic mass is 16.5. The van der Waals surface area contributed by atoms with Crippen molar-refractivity contribution in [3.63, 3.8) is 0 Å². The molecule has 0 N–H and O–H groups in total. The van der Waals surface area contributed by atoms with Crippen molar-refractivity contribution in [2.24, 2.45) is 0 Å². The van der Waals surface area contributed by atoms with Crippen LogP contribution in [0.15, 0.2) is 30.5 Å². The fourth-order valence-corrected chi connectivity index (χ4v) is 3.98. The van der Waals surface area contributed by atoms with Gasteiger partial charge in [0.15, 0.2) is 11.4 Å². The fraction of sp³-hybridized carbons (Fsp3) is 0.458. The lowest BCUT2D eigenvalue weighted by Crippen LogP contribution is -2.07. The van der Waals surface area contributed by atoms with Gasteiger partial charge in [-0.2, -0.15) is 0 Å². The first kappa shape index (κ1) is 21.3. The summed E-state index contributed by atoms with van der Waals surface area (Å²) in [5.74, 6) is 1.26. The van der Waals surface area contributed by atoms with Crippen LogP contribution in [0, 0.1) is 0 Å². The number of hydrogen-bond donors (Lipinski definition) is 0. The Morgan fingerprint density at radius 1 is 1.06 bits per heavy atom. The summed E-state index contributed by atoms with van der Waals surface area (Å²) in [5.41, 5.74) is 3.52. The lowest BCUT2D eigenvalue weighted by atomic mass is 10.2. The van der Waals surface area contributed by atoms with E-state index in [9.17, 15) is 4.79 Å². The zero-order valence-corrected chi connectivity index (χ0v) is 18.6. The van der Waals surface area contributed by atoms with Gasteiger partial charge in [-0.25, -0.2) is 9.97 Å². The molecule has 0 spiro atoms. The van der Waals surface area contributed by atoms with E-state index >= 15 is 0 Å². The maximum Gasteiger partial charge on any atom is 0.311 e. The van der Waals surface area contributed by atoms with Gasteiger partial charge in [-0.15, -0.1) is 0 Å². The van der Waals surface area contributed by atoms with Crippen LogP contribution >= 0.6 is 0 Å². The van der Waals surface area contributed by atoms with Gasteiger partial charge in [0.25, 0.3) is 0 Å². The molecule has 4 aromatic rings. The van der Waals surface area contributed by atoms with Gasteiger partial charge < -0.3 is 14.0 Å². The molecular formula is C24H30N4O3. The number of benzene rings is 1. The van der Waals surface area contributed by atoms with Gasteiger partial charge >= 0.3 is 5.97 Å². The van der Waals surface area contributed by atoms with Crippen molar-refractivity contribution in [2.45, 2.75) is 59.4 Å². The highest BCUT2D eigenvalue weighted by Crippen LogP contribution is 2.34. The second-order valence-corrected chi connectivity index (χ2v) is 7.70. The maximum absolute atomic E-state index is 12.3. The molecule has 0 aliphatic heterocycles. The monoisotopic (exact) mass is 422 g/mol. The number of para-hydroxylation sites is 2. The molecule has 7 nitrogen and oxygen atoms in total. The van der Waals surface area contributed by atoms with Crippen LogP contribution in [0.1, 0.15) is 52.3 Å². The summed E-state index contributed by atoms with van der Waals surface area (Å²) < 4.78 is 15.5. The summed E-state index contributed by atoms with van der Waals surface area (Å²) in [5, 5.41) is 0.789. The van der Waals surface area contributed by atoms with Crippen LogP contribution in [-0.2, 0) is 22.5 Å². The minimum absolute atomic E-state index is 0.234. The standard InChI is InChI=1S/C24H30N4O3/c1-4-10-20-26-23-22(24-25-17-12-7-8-13-18(17)28(20)24)19(31-21(29)11-5-2)16-27(23)14-9-15-30-6-3/h7-8,12-13,16H,4-6,9-11,14-15H2,1-3H3. The SMILES string of the molecule is CCCC(=O)Oc1cn(CCCOCC)c2nc(CCC)n3c4ccccc4nc3c12. The molecule has 0 amide bonds. The predicted molar refractivity (Wildman–Crippen MR) is 122 cm³/mol. The third-order valence-corrected chi connectivity index (χ3v) is 5.34. The molecule has 31 heavy (non-hydrogen) atoms. The number of carbonyl (C=O) groups is 1. The third kappa shape index (κ3) is 4.14. The normalized spacial score (nSPS) is 11.7. The van der Waals surface area contributed by atoms with Crippen LogP contribution < -0.4 is 4.74 Å². The average molecular weight is 423 g/mol. The lowest BCUT2D eigenvalue weighted by Gasteiger charge is -2.09. The minimum atomic E-state index is -0.234. The number of esters is 1. The molecule has 0 fully saturated rings. The summed E-state index contributed by atoms with van der Waals surface area (Å²) >= 11 is 0. The number of rotatable bonds is 10. The van der Waals surface area contributed by atoms with Gasteiger partial charge in [0.1, 0.15) is 16.9 Å². The Hall–Kier alpha value is -2.93. The van der Waals surface area contributed by atoms with Crippen LogP contribution in [0.25, 0.3) is 27.7 Å². The molecule has 3 aromatic heterocycles. The second-order valence-electron chi connectivity index (χ2n) is 7.70. The third-order valence-electron chi connectivity index (χ3n) is 5.34. The van der Waals surface area contributed by atoms with E-state index in [2.05, 4.69) is 22.0 Å². The van der Waals surface area contributed by atoms with Gasteiger partial charge in [-0.3, -0.25) is 9.20 Å². The van der Waals surface area contributed by atoms with E-state index in [1.54, 1.807) is 0 Å². The molecule has 0 aliphatic carbocycles. The molecule has 0 saturated heterocycles. The highest BCUT2D eigenvalue weighted by Gasteiger charge is 2.22. The molecule has 3 heterocycles. The van der Waals surface area contributed by atoms with Crippen LogP contribution in [0.3, 0.4) is 0 Å². The molecule has 0 saturated carbocycles. The Morgan fingerprint density at radius 2 is 1.90 bits per heavy atom. The first-order valence-electron chi connectivity index (χ1n) is 11.2. The van der Waals surface area contributed by atoms with Crippen molar-refractivity contribution >= 4 is 33.7 Å². The molecule has 0 aliphatic rings. The number of imidazole rings is 1. The summed E-state index contributed by atoms with van der Waals surface area (Å²) in [7, 11) is 0. The Morgan fingerprint density at radius 3 is 2.68 bits per heavy atom. The summed E-state index contributed by atoms with van der Waals surface area (Å²) in [6, 6.07) is 8.06. The molecule has 0 bridgehead atoms. The zero-order valence-electron chi connectivity index (χ0n) is 18.6. The molecular weight excluding hydrogens is 392 g/mol. The Kier molecular flexibility index (Phi) is 6.51. The van der Waals surface area contributed by atoms with Crippen molar-refractivity contribution < 1.29 is 14.3 Å². The van der Waals surface area contributed by atoms with E-state index in [1.165, 1.54) is 0 Å². The molecule has 0 radical (unpaired) electrons. The van der Waals surface area contributed by atoms with Gasteiger partial charge in [0.2, 0.25) is 0 Å². The molecule has 0 unspecified atom stereocenters. The number of hydrogen-bond acceptors (Lipinski definition) is 5. The summed E-state index contributed by atoms with van der Waals surface area (Å²) in [6.45, 7) is 8.22. The van der Waals surface area contributed by atoms with Crippen molar-refractivity contribution in [2.75, 3.05) is 13.2 Å². The van der Waals surface area contributed by atoms with E-state index < -0.39 is 0 Å². The maximum atomic E-state index is 12.3. The zero-order chi connectivity index (χ0) is 21.8. The van der Waals surface area contributed by atoms with Crippen LogP contribution in [0.4, 0.5) is 0 Å². The van der Waals surface area contributed by atoms with Gasteiger partial charge in [0, 0.05) is 38.8 Å². The Bertz CT molecular complexity index is 1210. The van der Waals surface area contributed by atoms with Crippen molar-refractivity contribution in [1.29, 1.82) is 0 Å². The van der Waals surface area contributed by atoms with Gasteiger partial charge in [0.05, 0.1) is 11.0 Å². The quantitative estimate of drug-likeness (QED) is 0.268. The number of fused-ring (bicyclic) bond motifs is 5. The minimum Gasteiger partial charge on any atom is -0.424 e. The predicted octanol–water partition coefficient (Wildman–Crippen LogP) is 4.92. The van der Waals surface area contributed by atoms with E-state index in [4.69, 9.17) is 19.4 Å². The highest BCUT2D eigenvalue weighted by molar-refractivity contribution is 6.00. The van der Waals surface area contributed by atoms with Gasteiger partial charge in [-0.05, 0) is 38.3 Å². The number of ether oxygens (including phenoxy) is 2. The number of carbonyl (C=O) groups excluding carboxylic acids is 1. The molecule has 4 rings (SSSR count). The van der Waals surface area contributed by atoms with E-state index in [0.717, 1.165) is 65.8 Å². The summed E-state index contributed by atoms with van der Waals surface area (Å²) in [6.07, 6.45) is 5.68. The van der Waals surface area contributed by atoms with Crippen molar-refractivity contribution in [1.82, 2.24) is 18.9 Å². The number of aryl methyl sites for hydroxylation is 2. The Balaban J connectivity index is 1.93. The first-order chi connectivity index (χ1) is 15.2. The largest absolute Gasteiger partial charge is 0.424 e. The topological polar surface area (TPSA) is 70.7 Å². The summed E-state index contributed by atoms with van der Waals surface area (Å²) in [4.78, 5) is 22.3. The van der Waals surface area contributed by atoms with Crippen LogP contribution in [-0.4, -0.2) is 38.1 Å². The van der Waals surface area contributed by atoms with Crippen LogP contribution in [0.5, 0.6) is 5.75 Å². The van der Waals surface area contributed by atoms with E-state index in [0.29, 0.717) is 25.4 Å². The second kappa shape index (κ2) is 9.47. The molecule has 7 heteroatoms. The molecule has 0 atom stereocenters. The van der Waals surface area contributed by atoms with Crippen LogP contribution in [0.2, 0.25) is 0 Å². The van der Waals surface area contributed by atoms with E-state index in [1.807, 2.05) is 38.2 Å². The lowest BCUT2D eigenvalue weighted by molar-refractivity contribution is -0.134. The Labute approximate surface area is 182 Å². The number of nitrogens with zero attached hydrogens (tertiary/aromatic N) is 4. The molecule has 164 valence electrons. The van der Waals surface area contributed by atoms with Gasteiger partial charge in [-0.1, -0.05) is 26.0 Å². The average Bonchev–Trinajstić information content (AvgIpc) is 3.30. The fourth-order valence-electron chi connectivity index (χ4n) is 3.98. The van der Waals surface area contributed by atoms with E-state index in [-0.39, 0.29) is 5.97 Å². The van der Waals surface area contributed by atoms with Crippen molar-refractivity contribution in [3.8, 4) is 5.75 Å². The number of aromatic nitrogens is 4. The van der Waals surface area contributed by atoms with Crippen molar-refractivity contribution in [3.05, 3.63) is 36.3 Å². The first-order valence-corrected chi connectivity index (χ1v) is 11.2.